The van der Waals surface area contributed by atoms with E-state index in [1.165, 1.54) is 5.75 Å². The quantitative estimate of drug-likeness (QED) is 0.879. The van der Waals surface area contributed by atoms with Crippen molar-refractivity contribution >= 4 is 29.2 Å². The van der Waals surface area contributed by atoms with Crippen LogP contribution in [0, 0.1) is 0 Å². The molecule has 1 saturated heterocycles. The van der Waals surface area contributed by atoms with E-state index in [1.54, 1.807) is 0 Å². The summed E-state index contributed by atoms with van der Waals surface area (Å²) in [6.07, 6.45) is 0.659. The molecule has 4 nitrogen and oxygen atoms in total. The molecule has 2 aromatic rings. The fraction of sp³-hybridized carbons (Fsp3) is 0.429. The molecular formula is C14H17N3OS2. The van der Waals surface area contributed by atoms with Crippen molar-refractivity contribution < 1.29 is 4.52 Å². The van der Waals surface area contributed by atoms with Gasteiger partial charge in [-0.2, -0.15) is 16.7 Å². The number of thioether (sulfide) groups is 2. The number of nitrogens with zero attached hydrogens (tertiary/aromatic N) is 2. The van der Waals surface area contributed by atoms with Gasteiger partial charge in [0.05, 0.1) is 11.7 Å². The third kappa shape index (κ3) is 3.12. The lowest BCUT2D eigenvalue weighted by molar-refractivity contribution is 0.379. The summed E-state index contributed by atoms with van der Waals surface area (Å²) >= 11 is 3.90. The summed E-state index contributed by atoms with van der Waals surface area (Å²) in [6.45, 7) is 2.23. The van der Waals surface area contributed by atoms with Crippen molar-refractivity contribution in [1.29, 1.82) is 0 Å². The van der Waals surface area contributed by atoms with Gasteiger partial charge in [0.1, 0.15) is 0 Å². The number of nitrogens with two attached hydrogens (primary N) is 1. The first-order valence-electron chi connectivity index (χ1n) is 6.62. The number of nitrogen functional groups attached to an aromatic ring is 1. The van der Waals surface area contributed by atoms with Gasteiger partial charge in [-0.1, -0.05) is 24.2 Å². The smallest absolute Gasteiger partial charge is 0.231 e. The fourth-order valence-corrected chi connectivity index (χ4v) is 4.86. The molecule has 6 heteroatoms. The number of hydrogen-bond acceptors (Lipinski definition) is 6. The summed E-state index contributed by atoms with van der Waals surface area (Å²) in [5.41, 5.74) is 7.58. The van der Waals surface area contributed by atoms with Crippen molar-refractivity contribution in [1.82, 2.24) is 10.1 Å². The average molecular weight is 307 g/mol. The van der Waals surface area contributed by atoms with Crippen LogP contribution < -0.4 is 5.73 Å². The number of anilines is 1. The van der Waals surface area contributed by atoms with Gasteiger partial charge in [0.2, 0.25) is 5.89 Å². The van der Waals surface area contributed by atoms with Crippen molar-refractivity contribution in [3.05, 3.63) is 41.5 Å². The van der Waals surface area contributed by atoms with E-state index < -0.39 is 0 Å². The third-order valence-corrected chi connectivity index (χ3v) is 6.35. The molecule has 2 unspecified atom stereocenters. The van der Waals surface area contributed by atoms with E-state index in [0.717, 1.165) is 22.8 Å². The Morgan fingerprint density at radius 1 is 1.25 bits per heavy atom. The lowest BCUT2D eigenvalue weighted by Crippen LogP contribution is -2.16. The maximum Gasteiger partial charge on any atom is 0.231 e. The Kier molecular flexibility index (Phi) is 4.21. The van der Waals surface area contributed by atoms with E-state index in [2.05, 4.69) is 17.1 Å². The zero-order valence-electron chi connectivity index (χ0n) is 11.3. The molecule has 0 spiro atoms. The van der Waals surface area contributed by atoms with E-state index in [-0.39, 0.29) is 0 Å². The Morgan fingerprint density at radius 3 is 2.75 bits per heavy atom. The lowest BCUT2D eigenvalue weighted by Gasteiger charge is -2.24. The second-order valence-electron chi connectivity index (χ2n) is 4.83. The molecule has 0 bridgehead atoms. The van der Waals surface area contributed by atoms with Crippen LogP contribution in [0.25, 0.3) is 0 Å². The highest BCUT2D eigenvalue weighted by molar-refractivity contribution is 8.06. The molecule has 2 atom stereocenters. The van der Waals surface area contributed by atoms with E-state index in [0.29, 0.717) is 22.8 Å². The molecule has 1 aliphatic rings. The summed E-state index contributed by atoms with van der Waals surface area (Å²) in [4.78, 5) is 4.56. The predicted octanol–water partition coefficient (Wildman–Crippen LogP) is 3.15. The maximum atomic E-state index is 5.68. The van der Waals surface area contributed by atoms with Crippen molar-refractivity contribution in [2.45, 2.75) is 23.8 Å². The summed E-state index contributed by atoms with van der Waals surface area (Å²) in [6, 6.07) is 7.77. The third-order valence-electron chi connectivity index (χ3n) is 3.26. The first kappa shape index (κ1) is 13.8. The van der Waals surface area contributed by atoms with Gasteiger partial charge in [0.15, 0.2) is 5.82 Å². The summed E-state index contributed by atoms with van der Waals surface area (Å²) in [5.74, 6) is 3.87. The van der Waals surface area contributed by atoms with Gasteiger partial charge in [0, 0.05) is 22.4 Å². The molecule has 20 heavy (non-hydrogen) atoms. The van der Waals surface area contributed by atoms with Gasteiger partial charge in [0.25, 0.3) is 0 Å². The minimum Gasteiger partial charge on any atom is -0.399 e. The van der Waals surface area contributed by atoms with Crippen LogP contribution in [0.2, 0.25) is 0 Å². The fourth-order valence-electron chi connectivity index (χ4n) is 2.18. The zero-order valence-corrected chi connectivity index (χ0v) is 12.9. The summed E-state index contributed by atoms with van der Waals surface area (Å²) < 4.78 is 5.39. The largest absolute Gasteiger partial charge is 0.399 e. The molecule has 0 amide bonds. The Labute approximate surface area is 126 Å². The van der Waals surface area contributed by atoms with Crippen LogP contribution in [-0.4, -0.2) is 26.9 Å². The van der Waals surface area contributed by atoms with E-state index in [9.17, 15) is 0 Å². The second kappa shape index (κ2) is 6.10. The minimum atomic E-state index is 0.345. The average Bonchev–Trinajstić information content (AvgIpc) is 2.90. The molecule has 1 fully saturated rings. The molecule has 3 rings (SSSR count). The van der Waals surface area contributed by atoms with E-state index >= 15 is 0 Å². The molecule has 2 heterocycles. The number of rotatable bonds is 3. The van der Waals surface area contributed by atoms with Gasteiger partial charge < -0.3 is 10.3 Å². The van der Waals surface area contributed by atoms with Gasteiger partial charge in [-0.3, -0.25) is 0 Å². The lowest BCUT2D eigenvalue weighted by atomic mass is 10.1. The number of aromatic nitrogens is 2. The van der Waals surface area contributed by atoms with Gasteiger partial charge >= 0.3 is 0 Å². The number of hydrogen-bond donors (Lipinski definition) is 1. The van der Waals surface area contributed by atoms with Crippen molar-refractivity contribution in [3.8, 4) is 0 Å². The Hall–Kier alpha value is -1.14. The Morgan fingerprint density at radius 2 is 2.00 bits per heavy atom. The number of benzene rings is 1. The molecule has 0 saturated carbocycles. The first-order chi connectivity index (χ1) is 9.72. The highest BCUT2D eigenvalue weighted by Crippen LogP contribution is 2.41. The Balaban J connectivity index is 1.71. The van der Waals surface area contributed by atoms with Gasteiger partial charge in [-0.15, -0.1) is 11.8 Å². The predicted molar refractivity (Wildman–Crippen MR) is 85.1 cm³/mol. The van der Waals surface area contributed by atoms with Crippen LogP contribution in [0.1, 0.15) is 29.5 Å². The summed E-state index contributed by atoms with van der Waals surface area (Å²) in [5, 5.41) is 5.04. The van der Waals surface area contributed by atoms with Crippen LogP contribution in [0.5, 0.6) is 0 Å². The zero-order chi connectivity index (χ0) is 13.9. The second-order valence-corrected chi connectivity index (χ2v) is 7.57. The highest BCUT2D eigenvalue weighted by atomic mass is 32.2. The van der Waals surface area contributed by atoms with Crippen LogP contribution in [-0.2, 0) is 6.42 Å². The molecule has 1 aromatic carbocycles. The molecule has 0 radical (unpaired) electrons. The molecule has 2 N–H and O–H groups in total. The van der Waals surface area contributed by atoms with Crippen LogP contribution in [0.15, 0.2) is 28.8 Å². The van der Waals surface area contributed by atoms with Crippen molar-refractivity contribution in [2.24, 2.45) is 0 Å². The van der Waals surface area contributed by atoms with Crippen molar-refractivity contribution in [3.63, 3.8) is 0 Å². The Bertz CT molecular complexity index is 570. The summed E-state index contributed by atoms with van der Waals surface area (Å²) in [7, 11) is 0. The molecular weight excluding hydrogens is 290 g/mol. The topological polar surface area (TPSA) is 64.9 Å². The SMILES string of the molecule is CC1SCCSC1c1noc(Cc2ccc(N)cc2)n1. The van der Waals surface area contributed by atoms with Gasteiger partial charge in [-0.05, 0) is 17.7 Å². The maximum absolute atomic E-state index is 5.68. The van der Waals surface area contributed by atoms with Crippen LogP contribution in [0.4, 0.5) is 5.69 Å². The molecule has 1 aromatic heterocycles. The molecule has 1 aliphatic heterocycles. The van der Waals surface area contributed by atoms with Crippen LogP contribution in [0.3, 0.4) is 0 Å². The monoisotopic (exact) mass is 307 g/mol. The van der Waals surface area contributed by atoms with Crippen molar-refractivity contribution in [2.75, 3.05) is 17.2 Å². The standard InChI is InChI=1S/C14H17N3OS2/c1-9-13(20-7-6-19-9)14-16-12(18-17-14)8-10-2-4-11(15)5-3-10/h2-5,9,13H,6-8,15H2,1H3. The van der Waals surface area contributed by atoms with Crippen LogP contribution >= 0.6 is 23.5 Å². The normalized spacial score (nSPS) is 22.9. The molecule has 106 valence electrons. The first-order valence-corrected chi connectivity index (χ1v) is 8.72. The minimum absolute atomic E-state index is 0.345. The highest BCUT2D eigenvalue weighted by Gasteiger charge is 2.28. The van der Waals surface area contributed by atoms with E-state index in [4.69, 9.17) is 10.3 Å². The van der Waals surface area contributed by atoms with Gasteiger partial charge in [-0.25, -0.2) is 0 Å². The van der Waals surface area contributed by atoms with E-state index in [1.807, 2.05) is 47.8 Å². The molecule has 0 aliphatic carbocycles.